The van der Waals surface area contributed by atoms with Crippen LogP contribution in [0.1, 0.15) is 26.2 Å². The van der Waals surface area contributed by atoms with Gasteiger partial charge in [0, 0.05) is 0 Å². The van der Waals surface area contributed by atoms with E-state index >= 15 is 0 Å². The fraction of sp³-hybridized carbons (Fsp3) is 0.909. The smallest absolute Gasteiger partial charge is 0.323 e. The molecule has 0 aromatic heterocycles. The molecule has 2 rings (SSSR count). The maximum atomic E-state index is 11.1. The summed E-state index contributed by atoms with van der Waals surface area (Å²) in [6.07, 6.45) is 3.39. The van der Waals surface area contributed by atoms with E-state index in [0.29, 0.717) is 5.92 Å². The van der Waals surface area contributed by atoms with Crippen LogP contribution in [0.25, 0.3) is 0 Å². The molecule has 3 unspecified atom stereocenters. The molecule has 0 aliphatic carbocycles. The van der Waals surface area contributed by atoms with E-state index in [1.807, 2.05) is 18.7 Å². The number of carboxylic acids is 1. The Morgan fingerprint density at radius 2 is 2.33 bits per heavy atom. The number of aliphatic carboxylic acids is 1. The van der Waals surface area contributed by atoms with Crippen molar-refractivity contribution in [3.8, 4) is 0 Å². The second-order valence-corrected chi connectivity index (χ2v) is 6.11. The first-order valence-corrected chi connectivity index (χ1v) is 6.83. The molecule has 0 aromatic rings. The minimum atomic E-state index is -0.700. The fourth-order valence-electron chi connectivity index (χ4n) is 2.66. The lowest BCUT2D eigenvalue weighted by atomic mass is 9.84. The molecule has 15 heavy (non-hydrogen) atoms. The van der Waals surface area contributed by atoms with Crippen LogP contribution in [0.2, 0.25) is 0 Å². The molecule has 0 amide bonds. The Kier molecular flexibility index (Phi) is 3.26. The lowest BCUT2D eigenvalue weighted by Crippen LogP contribution is -2.44. The summed E-state index contributed by atoms with van der Waals surface area (Å²) in [7, 11) is 0. The number of thioether (sulfide) groups is 1. The van der Waals surface area contributed by atoms with Crippen molar-refractivity contribution in [3.63, 3.8) is 0 Å². The summed E-state index contributed by atoms with van der Waals surface area (Å²) in [4.78, 5) is 11.1. The van der Waals surface area contributed by atoms with Crippen LogP contribution < -0.4 is 5.32 Å². The van der Waals surface area contributed by atoms with E-state index in [1.54, 1.807) is 0 Å². The van der Waals surface area contributed by atoms with Crippen LogP contribution in [0.3, 0.4) is 0 Å². The van der Waals surface area contributed by atoms with Crippen LogP contribution >= 0.6 is 11.8 Å². The molecule has 2 aliphatic heterocycles. The van der Waals surface area contributed by atoms with Gasteiger partial charge in [0.1, 0.15) is 5.54 Å². The Labute approximate surface area is 95.0 Å². The number of carboxylic acid groups (broad SMARTS) is 1. The van der Waals surface area contributed by atoms with Gasteiger partial charge in [-0.2, -0.15) is 11.8 Å². The molecule has 0 bridgehead atoms. The Morgan fingerprint density at radius 1 is 1.53 bits per heavy atom. The van der Waals surface area contributed by atoms with Crippen molar-refractivity contribution in [2.24, 2.45) is 11.8 Å². The van der Waals surface area contributed by atoms with E-state index < -0.39 is 11.5 Å². The van der Waals surface area contributed by atoms with Gasteiger partial charge in [0.15, 0.2) is 0 Å². The predicted octanol–water partition coefficient (Wildman–Crippen LogP) is 1.58. The van der Waals surface area contributed by atoms with Crippen molar-refractivity contribution in [1.82, 2.24) is 5.32 Å². The SMILES string of the molecule is CC1(C(=O)O)CC(C2CCCSC2)CN1. The average Bonchev–Trinajstić information content (AvgIpc) is 2.64. The fourth-order valence-corrected chi connectivity index (χ4v) is 3.94. The molecule has 0 radical (unpaired) electrons. The highest BCUT2D eigenvalue weighted by Crippen LogP contribution is 2.36. The molecule has 2 N–H and O–H groups in total. The summed E-state index contributed by atoms with van der Waals surface area (Å²) >= 11 is 2.02. The van der Waals surface area contributed by atoms with Gasteiger partial charge in [-0.3, -0.25) is 4.79 Å². The zero-order valence-electron chi connectivity index (χ0n) is 9.16. The topological polar surface area (TPSA) is 49.3 Å². The van der Waals surface area contributed by atoms with Crippen LogP contribution in [0.4, 0.5) is 0 Å². The van der Waals surface area contributed by atoms with Crippen molar-refractivity contribution in [1.29, 1.82) is 0 Å². The molecule has 4 heteroatoms. The summed E-state index contributed by atoms with van der Waals surface area (Å²) in [5.41, 5.74) is -0.674. The number of nitrogens with one attached hydrogen (secondary N) is 1. The summed E-state index contributed by atoms with van der Waals surface area (Å²) in [6, 6.07) is 0. The van der Waals surface area contributed by atoms with Gasteiger partial charge < -0.3 is 10.4 Å². The average molecular weight is 229 g/mol. The van der Waals surface area contributed by atoms with E-state index in [-0.39, 0.29) is 0 Å². The third-order valence-electron chi connectivity index (χ3n) is 3.76. The second kappa shape index (κ2) is 4.34. The van der Waals surface area contributed by atoms with Gasteiger partial charge >= 0.3 is 5.97 Å². The first-order valence-electron chi connectivity index (χ1n) is 5.68. The summed E-state index contributed by atoms with van der Waals surface area (Å²) in [6.45, 7) is 2.69. The van der Waals surface area contributed by atoms with Crippen LogP contribution in [0.5, 0.6) is 0 Å². The molecule has 0 aromatic carbocycles. The standard InChI is InChI=1S/C11H19NO2S/c1-11(10(13)14)5-9(6-12-11)8-3-2-4-15-7-8/h8-9,12H,2-7H2,1H3,(H,13,14). The Morgan fingerprint density at radius 3 is 2.87 bits per heavy atom. The Balaban J connectivity index is 1.94. The lowest BCUT2D eigenvalue weighted by Gasteiger charge is -2.27. The monoisotopic (exact) mass is 229 g/mol. The normalized spacial score (nSPS) is 41.7. The van der Waals surface area contributed by atoms with Gasteiger partial charge in [0.25, 0.3) is 0 Å². The van der Waals surface area contributed by atoms with Crippen molar-refractivity contribution in [3.05, 3.63) is 0 Å². The largest absolute Gasteiger partial charge is 0.480 e. The van der Waals surface area contributed by atoms with Gasteiger partial charge in [-0.15, -0.1) is 0 Å². The van der Waals surface area contributed by atoms with Crippen LogP contribution in [0.15, 0.2) is 0 Å². The van der Waals surface area contributed by atoms with E-state index in [9.17, 15) is 4.79 Å². The van der Waals surface area contributed by atoms with E-state index in [1.165, 1.54) is 24.3 Å². The third kappa shape index (κ3) is 2.31. The highest BCUT2D eigenvalue weighted by atomic mass is 32.2. The Hall–Kier alpha value is -0.220. The van der Waals surface area contributed by atoms with Crippen molar-refractivity contribution in [2.75, 3.05) is 18.1 Å². The third-order valence-corrected chi connectivity index (χ3v) is 5.00. The molecule has 2 heterocycles. The molecule has 0 saturated carbocycles. The molecule has 3 nitrogen and oxygen atoms in total. The van der Waals surface area contributed by atoms with Gasteiger partial charge in [-0.05, 0) is 56.1 Å². The highest BCUT2D eigenvalue weighted by molar-refractivity contribution is 7.99. The van der Waals surface area contributed by atoms with Gasteiger partial charge in [-0.1, -0.05) is 0 Å². The second-order valence-electron chi connectivity index (χ2n) is 4.96. The summed E-state index contributed by atoms with van der Waals surface area (Å²) in [5, 5.41) is 12.3. The first-order chi connectivity index (χ1) is 7.12. The maximum Gasteiger partial charge on any atom is 0.323 e. The van der Waals surface area contributed by atoms with E-state index in [0.717, 1.165) is 18.9 Å². The minimum Gasteiger partial charge on any atom is -0.480 e. The van der Waals surface area contributed by atoms with Gasteiger partial charge in [0.05, 0.1) is 0 Å². The molecule has 86 valence electrons. The first kappa shape index (κ1) is 11.3. The molecule has 2 fully saturated rings. The van der Waals surface area contributed by atoms with Gasteiger partial charge in [0.2, 0.25) is 0 Å². The van der Waals surface area contributed by atoms with Crippen LogP contribution in [0, 0.1) is 11.8 Å². The zero-order valence-corrected chi connectivity index (χ0v) is 9.98. The number of hydrogen-bond donors (Lipinski definition) is 2. The van der Waals surface area contributed by atoms with Crippen LogP contribution in [-0.2, 0) is 4.79 Å². The molecule has 2 saturated heterocycles. The summed E-state index contributed by atoms with van der Waals surface area (Å²) in [5.74, 6) is 3.11. The summed E-state index contributed by atoms with van der Waals surface area (Å²) < 4.78 is 0. The minimum absolute atomic E-state index is 0.568. The van der Waals surface area contributed by atoms with E-state index in [2.05, 4.69) is 5.32 Å². The van der Waals surface area contributed by atoms with Crippen molar-refractivity contribution < 1.29 is 9.90 Å². The number of carbonyl (C=O) groups is 1. The molecular formula is C11H19NO2S. The zero-order chi connectivity index (χ0) is 10.9. The van der Waals surface area contributed by atoms with Gasteiger partial charge in [-0.25, -0.2) is 0 Å². The maximum absolute atomic E-state index is 11.1. The lowest BCUT2D eigenvalue weighted by molar-refractivity contribution is -0.143. The predicted molar refractivity (Wildman–Crippen MR) is 62.2 cm³/mol. The molecular weight excluding hydrogens is 210 g/mol. The number of rotatable bonds is 2. The van der Waals surface area contributed by atoms with Crippen LogP contribution in [-0.4, -0.2) is 34.7 Å². The quantitative estimate of drug-likeness (QED) is 0.755. The van der Waals surface area contributed by atoms with E-state index in [4.69, 9.17) is 5.11 Å². The molecule has 0 spiro atoms. The molecule has 2 aliphatic rings. The Bertz CT molecular complexity index is 253. The van der Waals surface area contributed by atoms with Crippen molar-refractivity contribution >= 4 is 17.7 Å². The van der Waals surface area contributed by atoms with Crippen molar-refractivity contribution in [2.45, 2.75) is 31.7 Å². The highest BCUT2D eigenvalue weighted by Gasteiger charge is 2.43. The number of hydrogen-bond acceptors (Lipinski definition) is 3. The molecule has 3 atom stereocenters.